The van der Waals surface area contributed by atoms with Crippen molar-refractivity contribution in [3.05, 3.63) is 35.9 Å². The average Bonchev–Trinajstić information content (AvgIpc) is 2.29. The number of carbonyl (C=O) groups is 2. The van der Waals surface area contributed by atoms with Gasteiger partial charge in [0, 0.05) is 6.42 Å². The predicted molar refractivity (Wildman–Crippen MR) is 65.0 cm³/mol. The van der Waals surface area contributed by atoms with Crippen molar-refractivity contribution in [2.75, 3.05) is 0 Å². The second-order valence-corrected chi connectivity index (χ2v) is 4.36. The summed E-state index contributed by atoms with van der Waals surface area (Å²) in [6.45, 7) is 1.50. The number of aliphatic carboxylic acids is 1. The van der Waals surface area contributed by atoms with Crippen molar-refractivity contribution in [3.8, 4) is 0 Å². The Labute approximate surface area is 105 Å². The maximum absolute atomic E-state index is 11.3. The Morgan fingerprint density at radius 2 is 1.94 bits per heavy atom. The highest BCUT2D eigenvalue weighted by Gasteiger charge is 2.22. The summed E-state index contributed by atoms with van der Waals surface area (Å²) in [4.78, 5) is 22.3. The molecule has 0 spiro atoms. The normalized spacial score (nSPS) is 13.8. The molecule has 0 saturated carbocycles. The molecule has 92 valence electrons. The van der Waals surface area contributed by atoms with Gasteiger partial charge in [-0.05, 0) is 12.5 Å². The van der Waals surface area contributed by atoms with E-state index < -0.39 is 23.3 Å². The van der Waals surface area contributed by atoms with Gasteiger partial charge in [0.25, 0.3) is 0 Å². The summed E-state index contributed by atoms with van der Waals surface area (Å²) < 4.78 is 0. The molecule has 17 heavy (non-hydrogen) atoms. The van der Waals surface area contributed by atoms with Crippen LogP contribution >= 0.6 is 11.6 Å². The van der Waals surface area contributed by atoms with Gasteiger partial charge in [-0.2, -0.15) is 0 Å². The van der Waals surface area contributed by atoms with Gasteiger partial charge in [0.15, 0.2) is 0 Å². The summed E-state index contributed by atoms with van der Waals surface area (Å²) in [5.74, 6) is -1.55. The third kappa shape index (κ3) is 4.44. The van der Waals surface area contributed by atoms with Gasteiger partial charge in [-0.3, -0.25) is 4.79 Å². The topological polar surface area (TPSA) is 66.4 Å². The molecule has 5 heteroatoms. The highest BCUT2D eigenvalue weighted by Crippen LogP contribution is 2.04. The molecular formula is C12H14ClNO3. The molecule has 1 amide bonds. The van der Waals surface area contributed by atoms with Crippen LogP contribution in [0.2, 0.25) is 0 Å². The third-order valence-electron chi connectivity index (χ3n) is 2.26. The molecule has 2 unspecified atom stereocenters. The minimum absolute atomic E-state index is 0.242. The van der Waals surface area contributed by atoms with E-state index in [2.05, 4.69) is 5.32 Å². The van der Waals surface area contributed by atoms with E-state index in [9.17, 15) is 9.59 Å². The van der Waals surface area contributed by atoms with Crippen LogP contribution in [0.1, 0.15) is 12.5 Å². The standard InChI is InChI=1S/C12H14ClNO3/c1-8(13)11(15)14-10(12(16)17)7-9-5-3-2-4-6-9/h2-6,8,10H,7H2,1H3,(H,14,15)(H,16,17). The maximum atomic E-state index is 11.3. The number of benzene rings is 1. The molecular weight excluding hydrogens is 242 g/mol. The second kappa shape index (κ2) is 6.25. The average molecular weight is 256 g/mol. The molecule has 4 nitrogen and oxygen atoms in total. The quantitative estimate of drug-likeness (QED) is 0.782. The SMILES string of the molecule is CC(Cl)C(=O)NC(Cc1ccccc1)C(=O)O. The van der Waals surface area contributed by atoms with E-state index in [1.807, 2.05) is 30.3 Å². The summed E-state index contributed by atoms with van der Waals surface area (Å²) in [6, 6.07) is 8.16. The van der Waals surface area contributed by atoms with Crippen LogP contribution in [0.5, 0.6) is 0 Å². The fourth-order valence-corrected chi connectivity index (χ4v) is 1.40. The van der Waals surface area contributed by atoms with Crippen LogP contribution < -0.4 is 5.32 Å². The zero-order chi connectivity index (χ0) is 12.8. The minimum Gasteiger partial charge on any atom is -0.480 e. The van der Waals surface area contributed by atoms with Gasteiger partial charge in [0.1, 0.15) is 11.4 Å². The van der Waals surface area contributed by atoms with Gasteiger partial charge in [-0.1, -0.05) is 30.3 Å². The largest absolute Gasteiger partial charge is 0.480 e. The van der Waals surface area contributed by atoms with Crippen molar-refractivity contribution in [3.63, 3.8) is 0 Å². The van der Waals surface area contributed by atoms with Gasteiger partial charge < -0.3 is 10.4 Å². The number of hydrogen-bond donors (Lipinski definition) is 2. The van der Waals surface area contributed by atoms with Crippen molar-refractivity contribution in [2.24, 2.45) is 0 Å². The van der Waals surface area contributed by atoms with Crippen LogP contribution in [0, 0.1) is 0 Å². The Balaban J connectivity index is 2.68. The van der Waals surface area contributed by atoms with Crippen LogP contribution in [-0.4, -0.2) is 28.4 Å². The van der Waals surface area contributed by atoms with Crippen LogP contribution in [0.3, 0.4) is 0 Å². The Morgan fingerprint density at radius 1 is 1.35 bits per heavy atom. The van der Waals surface area contributed by atoms with E-state index in [4.69, 9.17) is 16.7 Å². The number of alkyl halides is 1. The lowest BCUT2D eigenvalue weighted by atomic mass is 10.1. The third-order valence-corrected chi connectivity index (χ3v) is 2.46. The first kappa shape index (κ1) is 13.5. The maximum Gasteiger partial charge on any atom is 0.326 e. The van der Waals surface area contributed by atoms with Gasteiger partial charge in [0.2, 0.25) is 5.91 Å². The first-order valence-electron chi connectivity index (χ1n) is 5.22. The molecule has 0 aliphatic carbocycles. The fourth-order valence-electron chi connectivity index (χ4n) is 1.34. The molecule has 0 heterocycles. The lowest BCUT2D eigenvalue weighted by Crippen LogP contribution is -2.44. The molecule has 0 saturated heterocycles. The zero-order valence-corrected chi connectivity index (χ0v) is 10.1. The first-order valence-corrected chi connectivity index (χ1v) is 5.65. The van der Waals surface area contributed by atoms with Gasteiger partial charge in [-0.25, -0.2) is 4.79 Å². The minimum atomic E-state index is -1.07. The van der Waals surface area contributed by atoms with E-state index in [0.717, 1.165) is 5.56 Å². The monoisotopic (exact) mass is 255 g/mol. The van der Waals surface area contributed by atoms with Crippen LogP contribution in [0.25, 0.3) is 0 Å². The van der Waals surface area contributed by atoms with E-state index in [0.29, 0.717) is 0 Å². The van der Waals surface area contributed by atoms with E-state index in [-0.39, 0.29) is 6.42 Å². The molecule has 0 aliphatic heterocycles. The smallest absolute Gasteiger partial charge is 0.326 e. The molecule has 1 rings (SSSR count). The number of amides is 1. The number of carboxylic acids is 1. The Morgan fingerprint density at radius 3 is 2.41 bits per heavy atom. The highest BCUT2D eigenvalue weighted by molar-refractivity contribution is 6.30. The number of carboxylic acid groups (broad SMARTS) is 1. The van der Waals surface area contributed by atoms with Gasteiger partial charge in [0.05, 0.1) is 0 Å². The molecule has 1 aromatic carbocycles. The fraction of sp³-hybridized carbons (Fsp3) is 0.333. The number of halogens is 1. The van der Waals surface area contributed by atoms with Crippen molar-refractivity contribution >= 4 is 23.5 Å². The Bertz CT molecular complexity index is 392. The molecule has 0 radical (unpaired) electrons. The summed E-state index contributed by atoms with van der Waals surface area (Å²) in [5.41, 5.74) is 0.849. The number of carbonyl (C=O) groups excluding carboxylic acids is 1. The van der Waals surface area contributed by atoms with Crippen molar-refractivity contribution in [1.29, 1.82) is 0 Å². The number of nitrogens with one attached hydrogen (secondary N) is 1. The number of rotatable bonds is 5. The van der Waals surface area contributed by atoms with Crippen molar-refractivity contribution in [2.45, 2.75) is 24.8 Å². The second-order valence-electron chi connectivity index (χ2n) is 3.71. The molecule has 1 aromatic rings. The molecule has 0 fully saturated rings. The van der Waals surface area contributed by atoms with Crippen LogP contribution in [-0.2, 0) is 16.0 Å². The lowest BCUT2D eigenvalue weighted by Gasteiger charge is -2.15. The Kier molecular flexibility index (Phi) is 4.97. The molecule has 0 bridgehead atoms. The first-order chi connectivity index (χ1) is 8.00. The van der Waals surface area contributed by atoms with E-state index in [1.165, 1.54) is 6.92 Å². The summed E-state index contributed by atoms with van der Waals surface area (Å²) in [6.07, 6.45) is 0.242. The summed E-state index contributed by atoms with van der Waals surface area (Å²) >= 11 is 5.58. The molecule has 0 aliphatic rings. The summed E-state index contributed by atoms with van der Waals surface area (Å²) in [7, 11) is 0. The van der Waals surface area contributed by atoms with Crippen LogP contribution in [0.15, 0.2) is 30.3 Å². The number of hydrogen-bond acceptors (Lipinski definition) is 2. The summed E-state index contributed by atoms with van der Waals surface area (Å²) in [5, 5.41) is 10.7. The molecule has 2 N–H and O–H groups in total. The Hall–Kier alpha value is -1.55. The predicted octanol–water partition coefficient (Wildman–Crippen LogP) is 1.43. The van der Waals surface area contributed by atoms with Crippen molar-refractivity contribution < 1.29 is 14.7 Å². The van der Waals surface area contributed by atoms with Crippen LogP contribution in [0.4, 0.5) is 0 Å². The molecule has 2 atom stereocenters. The van der Waals surface area contributed by atoms with Gasteiger partial charge >= 0.3 is 5.97 Å². The van der Waals surface area contributed by atoms with Gasteiger partial charge in [-0.15, -0.1) is 11.6 Å². The molecule has 0 aromatic heterocycles. The van der Waals surface area contributed by atoms with E-state index in [1.54, 1.807) is 0 Å². The van der Waals surface area contributed by atoms with E-state index >= 15 is 0 Å². The van der Waals surface area contributed by atoms with Crippen molar-refractivity contribution in [1.82, 2.24) is 5.32 Å². The zero-order valence-electron chi connectivity index (χ0n) is 9.39. The lowest BCUT2D eigenvalue weighted by molar-refractivity contribution is -0.141. The highest BCUT2D eigenvalue weighted by atomic mass is 35.5.